The number of hydrazine groups is 1. The van der Waals surface area contributed by atoms with Crippen LogP contribution in [0, 0.1) is 0 Å². The van der Waals surface area contributed by atoms with Gasteiger partial charge in [-0.3, -0.25) is 10.6 Å². The van der Waals surface area contributed by atoms with Crippen LogP contribution in [0.25, 0.3) is 0 Å². The van der Waals surface area contributed by atoms with Crippen molar-refractivity contribution in [3.63, 3.8) is 0 Å². The Morgan fingerprint density at radius 3 is 2.78 bits per heavy atom. The van der Waals surface area contributed by atoms with Gasteiger partial charge in [0.05, 0.1) is 5.54 Å². The fraction of sp³-hybridized carbons (Fsp3) is 0.500. The number of rotatable bonds is 6. The number of amides is 1. The highest BCUT2D eigenvalue weighted by atomic mass is 16.3. The van der Waals surface area contributed by atoms with Crippen molar-refractivity contribution >= 4 is 11.6 Å². The molecule has 1 atom stereocenters. The third-order valence-electron chi connectivity index (χ3n) is 5.18. The largest absolute Gasteiger partial charge is 0.396 e. The van der Waals surface area contributed by atoms with E-state index in [-0.39, 0.29) is 18.1 Å². The summed E-state index contributed by atoms with van der Waals surface area (Å²) in [5, 5.41) is 14.3. The number of hydrogen-bond acceptors (Lipinski definition) is 4. The summed E-state index contributed by atoms with van der Waals surface area (Å²) in [6.07, 6.45) is 7.77. The van der Waals surface area contributed by atoms with E-state index < -0.39 is 0 Å². The maximum Gasteiger partial charge on any atom is 0.247 e. The summed E-state index contributed by atoms with van der Waals surface area (Å²) in [6.45, 7) is 3.55. The van der Waals surface area contributed by atoms with Crippen LogP contribution in [0.1, 0.15) is 49.7 Å². The van der Waals surface area contributed by atoms with Crippen molar-refractivity contribution in [2.24, 2.45) is 5.84 Å². The van der Waals surface area contributed by atoms with Crippen LogP contribution in [0.4, 0.5) is 5.69 Å². The monoisotopic (exact) mass is 315 g/mol. The van der Waals surface area contributed by atoms with Gasteiger partial charge in [-0.1, -0.05) is 31.9 Å². The molecule has 0 spiro atoms. The number of carbonyl (C=O) groups excluding carboxylic acids is 1. The van der Waals surface area contributed by atoms with E-state index in [4.69, 9.17) is 5.84 Å². The molecule has 1 fully saturated rings. The van der Waals surface area contributed by atoms with Crippen LogP contribution in [0.3, 0.4) is 0 Å². The lowest BCUT2D eigenvalue weighted by Crippen LogP contribution is -2.50. The van der Waals surface area contributed by atoms with Crippen LogP contribution in [0.5, 0.6) is 0 Å². The minimum Gasteiger partial charge on any atom is -0.396 e. The van der Waals surface area contributed by atoms with Gasteiger partial charge in [0.2, 0.25) is 5.91 Å². The van der Waals surface area contributed by atoms with Crippen molar-refractivity contribution in [3.05, 3.63) is 42.0 Å². The van der Waals surface area contributed by atoms with Crippen molar-refractivity contribution in [1.29, 1.82) is 0 Å². The van der Waals surface area contributed by atoms with Crippen molar-refractivity contribution in [2.45, 2.75) is 50.1 Å². The van der Waals surface area contributed by atoms with Crippen molar-refractivity contribution in [1.82, 2.24) is 5.01 Å². The van der Waals surface area contributed by atoms with Gasteiger partial charge in [-0.2, -0.15) is 0 Å². The van der Waals surface area contributed by atoms with Crippen molar-refractivity contribution < 1.29 is 9.90 Å². The number of fused-ring (bicyclic) bond motifs is 1. The molecule has 2 aliphatic carbocycles. The molecule has 0 radical (unpaired) electrons. The van der Waals surface area contributed by atoms with Gasteiger partial charge in [0.25, 0.3) is 0 Å². The standard InChI is InChI=1S/C18H25N3O2/c1-2-17(23)20-13-8-9-15-16(12-13)18(15,10-11-22)21(19)14-6-4-3-5-7-14/h2,8-9,12,14,22H,1,3-7,10-11,19H2,(H,20,23). The lowest BCUT2D eigenvalue weighted by molar-refractivity contribution is -0.111. The number of carbonyl (C=O) groups is 1. The van der Waals surface area contributed by atoms with Gasteiger partial charge in [0.15, 0.2) is 0 Å². The Hall–Kier alpha value is -1.69. The van der Waals surface area contributed by atoms with E-state index in [9.17, 15) is 9.90 Å². The molecule has 0 heterocycles. The summed E-state index contributed by atoms with van der Waals surface area (Å²) >= 11 is 0. The van der Waals surface area contributed by atoms with Crippen molar-refractivity contribution in [2.75, 3.05) is 11.9 Å². The molecule has 0 aromatic heterocycles. The molecule has 1 amide bonds. The maximum atomic E-state index is 11.5. The molecule has 3 rings (SSSR count). The molecule has 1 saturated carbocycles. The minimum atomic E-state index is -0.367. The van der Waals surface area contributed by atoms with Gasteiger partial charge < -0.3 is 10.4 Å². The van der Waals surface area contributed by atoms with E-state index >= 15 is 0 Å². The number of anilines is 1. The number of nitrogens with zero attached hydrogens (tertiary/aromatic N) is 1. The number of nitrogens with one attached hydrogen (secondary N) is 1. The molecule has 0 saturated heterocycles. The van der Waals surface area contributed by atoms with Crippen LogP contribution in [0.2, 0.25) is 0 Å². The lowest BCUT2D eigenvalue weighted by Gasteiger charge is -2.37. The number of aliphatic hydroxyl groups is 1. The van der Waals surface area contributed by atoms with Crippen LogP contribution in [0.15, 0.2) is 30.9 Å². The second-order valence-electron chi connectivity index (χ2n) is 6.49. The molecule has 5 nitrogen and oxygen atoms in total. The van der Waals surface area contributed by atoms with Crippen molar-refractivity contribution in [3.8, 4) is 0 Å². The zero-order valence-electron chi connectivity index (χ0n) is 13.4. The zero-order chi connectivity index (χ0) is 16.4. The minimum absolute atomic E-state index is 0.0868. The second-order valence-corrected chi connectivity index (χ2v) is 6.49. The van der Waals surface area contributed by atoms with Gasteiger partial charge in [0, 0.05) is 18.3 Å². The van der Waals surface area contributed by atoms with E-state index in [1.807, 2.05) is 23.2 Å². The van der Waals surface area contributed by atoms with Crippen LogP contribution < -0.4 is 11.2 Å². The fourth-order valence-corrected chi connectivity index (χ4v) is 3.93. The number of nitrogens with two attached hydrogens (primary N) is 1. The smallest absolute Gasteiger partial charge is 0.247 e. The van der Waals surface area contributed by atoms with E-state index in [1.54, 1.807) is 0 Å². The molecule has 124 valence electrons. The average Bonchev–Trinajstić information content (AvgIpc) is 3.22. The molecule has 0 aliphatic heterocycles. The first-order valence-corrected chi connectivity index (χ1v) is 8.37. The molecule has 1 aromatic carbocycles. The summed E-state index contributed by atoms with van der Waals surface area (Å²) in [4.78, 5) is 11.5. The maximum absolute atomic E-state index is 11.5. The Kier molecular flexibility index (Phi) is 4.53. The number of hydrogen-bond donors (Lipinski definition) is 3. The Morgan fingerprint density at radius 2 is 2.13 bits per heavy atom. The molecular weight excluding hydrogens is 290 g/mol. The molecule has 4 N–H and O–H groups in total. The van der Waals surface area contributed by atoms with E-state index in [0.717, 1.165) is 29.7 Å². The topological polar surface area (TPSA) is 78.6 Å². The summed E-state index contributed by atoms with van der Waals surface area (Å²) < 4.78 is 0. The Bertz CT molecular complexity index is 610. The number of benzene rings is 1. The predicted molar refractivity (Wildman–Crippen MR) is 90.7 cm³/mol. The molecule has 5 heteroatoms. The van der Waals surface area contributed by atoms with Gasteiger partial charge in [-0.25, -0.2) is 5.01 Å². The van der Waals surface area contributed by atoms with Crippen LogP contribution >= 0.6 is 0 Å². The summed E-state index contributed by atoms with van der Waals surface area (Å²) in [7, 11) is 0. The first-order valence-electron chi connectivity index (χ1n) is 8.37. The summed E-state index contributed by atoms with van der Waals surface area (Å²) in [6, 6.07) is 6.21. The predicted octanol–water partition coefficient (Wildman–Crippen LogP) is 2.26. The zero-order valence-corrected chi connectivity index (χ0v) is 13.4. The summed E-state index contributed by atoms with van der Waals surface area (Å²) in [5.74, 6) is 6.29. The Morgan fingerprint density at radius 1 is 1.39 bits per heavy atom. The quantitative estimate of drug-likeness (QED) is 0.427. The lowest BCUT2D eigenvalue weighted by atomic mass is 9.92. The number of aliphatic hydroxyl groups excluding tert-OH is 1. The second kappa shape index (κ2) is 6.43. The van der Waals surface area contributed by atoms with Gasteiger partial charge >= 0.3 is 0 Å². The Balaban J connectivity index is 1.83. The van der Waals surface area contributed by atoms with Crippen LogP contribution in [-0.2, 0) is 10.3 Å². The van der Waals surface area contributed by atoms with Gasteiger partial charge in [-0.15, -0.1) is 0 Å². The first kappa shape index (κ1) is 16.2. The SMILES string of the molecule is C=CC(=O)Nc1ccc2c(c1)C2(CCO)N(N)C1CCCCC1. The highest BCUT2D eigenvalue weighted by Crippen LogP contribution is 2.55. The van der Waals surface area contributed by atoms with Gasteiger partial charge in [-0.05, 0) is 48.6 Å². The van der Waals surface area contributed by atoms with Gasteiger partial charge in [0.1, 0.15) is 0 Å². The molecule has 23 heavy (non-hydrogen) atoms. The summed E-state index contributed by atoms with van der Waals surface area (Å²) in [5.41, 5.74) is 2.65. The third-order valence-corrected chi connectivity index (χ3v) is 5.18. The molecular formula is C18H25N3O2. The first-order chi connectivity index (χ1) is 11.1. The van der Waals surface area contributed by atoms with E-state index in [2.05, 4.69) is 11.9 Å². The molecule has 2 aliphatic rings. The normalized spacial score (nSPS) is 23.4. The molecule has 1 unspecified atom stereocenters. The fourth-order valence-electron chi connectivity index (χ4n) is 3.93. The molecule has 1 aromatic rings. The van der Waals surface area contributed by atoms with E-state index in [0.29, 0.717) is 12.5 Å². The average molecular weight is 315 g/mol. The third kappa shape index (κ3) is 2.80. The van der Waals surface area contributed by atoms with Crippen LogP contribution in [-0.4, -0.2) is 28.7 Å². The Labute approximate surface area is 137 Å². The highest BCUT2D eigenvalue weighted by Gasteiger charge is 2.55. The van der Waals surface area contributed by atoms with E-state index in [1.165, 1.54) is 25.3 Å². The highest BCUT2D eigenvalue weighted by molar-refractivity contribution is 5.99. The molecule has 0 bridgehead atoms.